The zero-order valence-electron chi connectivity index (χ0n) is 21.2. The van der Waals surface area contributed by atoms with Crippen molar-refractivity contribution in [2.24, 2.45) is 29.6 Å². The maximum atomic E-state index is 13.9. The van der Waals surface area contributed by atoms with Crippen LogP contribution in [0.1, 0.15) is 34.1 Å². The van der Waals surface area contributed by atoms with Crippen LogP contribution in [0.25, 0.3) is 11.0 Å². The van der Waals surface area contributed by atoms with Crippen molar-refractivity contribution in [3.05, 3.63) is 36.4 Å². The highest BCUT2D eigenvalue weighted by Crippen LogP contribution is 2.45. The third-order valence-electron chi connectivity index (χ3n) is 7.70. The zero-order chi connectivity index (χ0) is 26.0. The summed E-state index contributed by atoms with van der Waals surface area (Å²) in [6.07, 6.45) is 4.49. The molecular formula is C26H35N5O5. The Labute approximate surface area is 210 Å². The number of aliphatic hydroxyl groups is 1. The van der Waals surface area contributed by atoms with Gasteiger partial charge in [-0.1, -0.05) is 56.7 Å². The molecule has 0 spiro atoms. The molecule has 194 valence electrons. The molecule has 1 aromatic heterocycles. The molecule has 2 aromatic rings. The molecule has 0 bridgehead atoms. The maximum Gasteiger partial charge on any atom is 0.310 e. The van der Waals surface area contributed by atoms with E-state index in [0.29, 0.717) is 5.52 Å². The molecule has 10 nitrogen and oxygen atoms in total. The fourth-order valence-electron chi connectivity index (χ4n) is 5.60. The van der Waals surface area contributed by atoms with E-state index in [4.69, 9.17) is 4.74 Å². The Kier molecular flexibility index (Phi) is 7.73. The number of nitrogens with zero attached hydrogens (tertiary/aromatic N) is 4. The van der Waals surface area contributed by atoms with E-state index in [1.165, 1.54) is 4.90 Å². The van der Waals surface area contributed by atoms with Gasteiger partial charge in [-0.05, 0) is 30.9 Å². The number of ether oxygens (including phenoxy) is 1. The first-order chi connectivity index (χ1) is 17.3. The fraction of sp³-hybridized carbons (Fsp3) is 0.577. The zero-order valence-corrected chi connectivity index (χ0v) is 21.2. The van der Waals surface area contributed by atoms with E-state index in [1.807, 2.05) is 57.2 Å². The standard InChI is InChI=1S/C26H35N5O5/c1-5-15(3)20(13-32)31-23(24(33)27-14-30-19-10-8-7-9-18(19)28-29-30)17-12-11-16(4)21(22(17)25(31)34)26(35)36-6-2/h7-12,15-17,20-23,32H,5-6,13-14H2,1-4H3,(H,27,33)/t15-,16+,17-,20-,21+,22-,23-/m0/s1. The number of aliphatic hydroxyl groups excluding tert-OH is 1. The number of carbonyl (C=O) groups is 3. The number of likely N-dealkylation sites (tertiary alicyclic amines) is 1. The van der Waals surface area contributed by atoms with Gasteiger partial charge in [-0.3, -0.25) is 14.4 Å². The van der Waals surface area contributed by atoms with E-state index in [-0.39, 0.29) is 43.5 Å². The minimum atomic E-state index is -0.871. The lowest BCUT2D eigenvalue weighted by Crippen LogP contribution is -2.54. The van der Waals surface area contributed by atoms with E-state index in [0.717, 1.165) is 11.9 Å². The molecule has 2 heterocycles. The highest BCUT2D eigenvalue weighted by molar-refractivity contribution is 5.96. The fourth-order valence-corrected chi connectivity index (χ4v) is 5.60. The van der Waals surface area contributed by atoms with Crippen molar-refractivity contribution in [2.45, 2.75) is 52.9 Å². The quantitative estimate of drug-likeness (QED) is 0.399. The molecule has 36 heavy (non-hydrogen) atoms. The van der Waals surface area contributed by atoms with Crippen molar-refractivity contribution in [1.29, 1.82) is 0 Å². The van der Waals surface area contributed by atoms with Gasteiger partial charge in [0.25, 0.3) is 0 Å². The number of allylic oxidation sites excluding steroid dienone is 1. The molecule has 10 heteroatoms. The Morgan fingerprint density at radius 3 is 2.67 bits per heavy atom. The van der Waals surface area contributed by atoms with Crippen LogP contribution in [0.2, 0.25) is 0 Å². The van der Waals surface area contributed by atoms with Crippen LogP contribution < -0.4 is 5.32 Å². The lowest BCUT2D eigenvalue weighted by Gasteiger charge is -2.36. The molecule has 0 saturated carbocycles. The maximum absolute atomic E-state index is 13.9. The Bertz CT molecular complexity index is 1150. The molecule has 7 atom stereocenters. The largest absolute Gasteiger partial charge is 0.466 e. The molecule has 0 unspecified atom stereocenters. The number of hydrogen-bond acceptors (Lipinski definition) is 7. The lowest BCUT2D eigenvalue weighted by molar-refractivity contribution is -0.156. The summed E-state index contributed by atoms with van der Waals surface area (Å²) in [7, 11) is 0. The molecule has 1 fully saturated rings. The molecular weight excluding hydrogens is 462 g/mol. The molecule has 2 amide bonds. The van der Waals surface area contributed by atoms with Gasteiger partial charge in [0.2, 0.25) is 11.8 Å². The number of carbonyl (C=O) groups excluding carboxylic acids is 3. The van der Waals surface area contributed by atoms with Crippen LogP contribution in [-0.2, 0) is 25.8 Å². The summed E-state index contributed by atoms with van der Waals surface area (Å²) in [5.74, 6) is -3.29. The van der Waals surface area contributed by atoms with Gasteiger partial charge in [0.15, 0.2) is 0 Å². The summed E-state index contributed by atoms with van der Waals surface area (Å²) < 4.78 is 6.91. The Morgan fingerprint density at radius 1 is 1.22 bits per heavy atom. The first-order valence-electron chi connectivity index (χ1n) is 12.7. The van der Waals surface area contributed by atoms with Crippen LogP contribution in [0.3, 0.4) is 0 Å². The number of nitrogens with one attached hydrogen (secondary N) is 1. The topological polar surface area (TPSA) is 127 Å². The third kappa shape index (κ3) is 4.50. The first kappa shape index (κ1) is 25.8. The number of esters is 1. The number of rotatable bonds is 9. The second kappa shape index (κ2) is 10.8. The number of hydrogen-bond donors (Lipinski definition) is 2. The Hall–Kier alpha value is -3.27. The number of fused-ring (bicyclic) bond motifs is 2. The van der Waals surface area contributed by atoms with E-state index in [1.54, 1.807) is 11.6 Å². The van der Waals surface area contributed by atoms with Gasteiger partial charge in [-0.25, -0.2) is 4.68 Å². The predicted octanol–water partition coefficient (Wildman–Crippen LogP) is 1.74. The number of para-hydroxylation sites is 1. The summed E-state index contributed by atoms with van der Waals surface area (Å²) in [6.45, 7) is 7.56. The summed E-state index contributed by atoms with van der Waals surface area (Å²) >= 11 is 0. The van der Waals surface area contributed by atoms with Crippen molar-refractivity contribution in [3.63, 3.8) is 0 Å². The molecule has 0 radical (unpaired) electrons. The van der Waals surface area contributed by atoms with Gasteiger partial charge in [-0.2, -0.15) is 0 Å². The smallest absolute Gasteiger partial charge is 0.310 e. The third-order valence-corrected chi connectivity index (χ3v) is 7.70. The van der Waals surface area contributed by atoms with Gasteiger partial charge in [0, 0.05) is 5.92 Å². The lowest BCUT2D eigenvalue weighted by atomic mass is 9.70. The van der Waals surface area contributed by atoms with Crippen LogP contribution >= 0.6 is 0 Å². The second-order valence-electron chi connectivity index (χ2n) is 9.73. The summed E-state index contributed by atoms with van der Waals surface area (Å²) in [5, 5.41) is 21.4. The molecule has 2 aliphatic rings. The first-order valence-corrected chi connectivity index (χ1v) is 12.7. The van der Waals surface area contributed by atoms with E-state index in [9.17, 15) is 19.5 Å². The highest BCUT2D eigenvalue weighted by atomic mass is 16.5. The minimum Gasteiger partial charge on any atom is -0.466 e. The van der Waals surface area contributed by atoms with E-state index >= 15 is 0 Å². The number of amides is 2. The van der Waals surface area contributed by atoms with Crippen molar-refractivity contribution in [1.82, 2.24) is 25.2 Å². The molecule has 4 rings (SSSR count). The monoisotopic (exact) mass is 497 g/mol. The van der Waals surface area contributed by atoms with Gasteiger partial charge in [0.1, 0.15) is 18.2 Å². The van der Waals surface area contributed by atoms with Crippen LogP contribution in [0, 0.1) is 29.6 Å². The molecule has 1 aromatic carbocycles. The minimum absolute atomic E-state index is 0.0453. The molecule has 1 aliphatic heterocycles. The van der Waals surface area contributed by atoms with Crippen LogP contribution in [0.15, 0.2) is 36.4 Å². The Balaban J connectivity index is 1.67. The van der Waals surface area contributed by atoms with Crippen LogP contribution in [-0.4, -0.2) is 68.1 Å². The van der Waals surface area contributed by atoms with E-state index < -0.39 is 35.8 Å². The summed E-state index contributed by atoms with van der Waals surface area (Å²) in [4.78, 5) is 42.1. The van der Waals surface area contributed by atoms with E-state index in [2.05, 4.69) is 15.6 Å². The highest BCUT2D eigenvalue weighted by Gasteiger charge is 2.58. The number of aromatic nitrogens is 3. The van der Waals surface area contributed by atoms with Gasteiger partial charge >= 0.3 is 5.97 Å². The summed E-state index contributed by atoms with van der Waals surface area (Å²) in [5.41, 5.74) is 1.49. The molecule has 2 N–H and O–H groups in total. The van der Waals surface area contributed by atoms with Gasteiger partial charge < -0.3 is 20.1 Å². The van der Waals surface area contributed by atoms with Crippen molar-refractivity contribution >= 4 is 28.8 Å². The van der Waals surface area contributed by atoms with Crippen molar-refractivity contribution in [2.75, 3.05) is 13.2 Å². The summed E-state index contributed by atoms with van der Waals surface area (Å²) in [6, 6.07) is 6.01. The molecule has 1 aliphatic carbocycles. The molecule has 1 saturated heterocycles. The number of benzene rings is 1. The average Bonchev–Trinajstić information content (AvgIpc) is 3.42. The van der Waals surface area contributed by atoms with Crippen molar-refractivity contribution in [3.8, 4) is 0 Å². The second-order valence-corrected chi connectivity index (χ2v) is 9.73. The van der Waals surface area contributed by atoms with Crippen molar-refractivity contribution < 1.29 is 24.2 Å². The van der Waals surface area contributed by atoms with Gasteiger partial charge in [-0.15, -0.1) is 5.10 Å². The SMILES string of the molecule is CCOC(=O)[C@H]1[C@H]2C(=O)N([C@@H](CO)[C@@H](C)CC)[C@H](C(=O)NCn3nnc4ccccc43)[C@H]2C=C[C@H]1C. The average molecular weight is 498 g/mol. The Morgan fingerprint density at radius 2 is 1.97 bits per heavy atom. The predicted molar refractivity (Wildman–Crippen MR) is 132 cm³/mol. The van der Waals surface area contributed by atoms with Crippen LogP contribution in [0.5, 0.6) is 0 Å². The van der Waals surface area contributed by atoms with Gasteiger partial charge in [0.05, 0.1) is 36.6 Å². The normalized spacial score (nSPS) is 27.1. The van der Waals surface area contributed by atoms with Crippen LogP contribution in [0.4, 0.5) is 0 Å².